The maximum Gasteiger partial charge on any atom is 0.270 e. The molecule has 5 nitrogen and oxygen atoms in total. The van der Waals surface area contributed by atoms with Crippen LogP contribution in [0.25, 0.3) is 0 Å². The summed E-state index contributed by atoms with van der Waals surface area (Å²) in [6.45, 7) is 7.41. The maximum absolute atomic E-state index is 12.8. The first-order chi connectivity index (χ1) is 10.3. The van der Waals surface area contributed by atoms with E-state index in [4.69, 9.17) is 4.74 Å². The highest BCUT2D eigenvalue weighted by Crippen LogP contribution is 2.22. The fraction of sp³-hybridized carbons (Fsp3) is 0.562. The van der Waals surface area contributed by atoms with Crippen molar-refractivity contribution in [3.05, 3.63) is 36.7 Å². The van der Waals surface area contributed by atoms with E-state index in [1.165, 1.54) is 0 Å². The average Bonchev–Trinajstić information content (AvgIpc) is 3.01. The monoisotopic (exact) mass is 291 g/mol. The summed E-state index contributed by atoms with van der Waals surface area (Å²) in [5.74, 6) is 0.0514. The van der Waals surface area contributed by atoms with E-state index in [1.54, 1.807) is 18.1 Å². The second-order valence-corrected chi connectivity index (χ2v) is 5.31. The zero-order valence-electron chi connectivity index (χ0n) is 12.8. The van der Waals surface area contributed by atoms with E-state index in [0.29, 0.717) is 25.7 Å². The van der Waals surface area contributed by atoms with Gasteiger partial charge in [-0.05, 0) is 38.1 Å². The molecule has 1 aromatic rings. The summed E-state index contributed by atoms with van der Waals surface area (Å²) in [7, 11) is 1.65. The lowest BCUT2D eigenvalue weighted by atomic mass is 10.1. The summed E-state index contributed by atoms with van der Waals surface area (Å²) in [6.07, 6.45) is 5.90. The Hall–Kier alpha value is -1.59. The molecule has 1 saturated heterocycles. The van der Waals surface area contributed by atoms with Crippen molar-refractivity contribution in [1.29, 1.82) is 0 Å². The molecule has 5 heteroatoms. The highest BCUT2D eigenvalue weighted by molar-refractivity contribution is 5.93. The molecule has 1 fully saturated rings. The van der Waals surface area contributed by atoms with E-state index in [1.807, 2.05) is 18.3 Å². The van der Waals surface area contributed by atoms with Gasteiger partial charge < -0.3 is 19.5 Å². The largest absolute Gasteiger partial charge is 0.383 e. The third-order valence-electron chi connectivity index (χ3n) is 3.90. The quantitative estimate of drug-likeness (QED) is 0.778. The first-order valence-corrected chi connectivity index (χ1v) is 7.54. The van der Waals surface area contributed by atoms with E-state index in [9.17, 15) is 4.79 Å². The molecule has 0 aromatic carbocycles. The molecule has 0 atom stereocenters. The van der Waals surface area contributed by atoms with Crippen LogP contribution in [0.4, 0.5) is 0 Å². The Balaban J connectivity index is 2.13. The Morgan fingerprint density at radius 3 is 3.00 bits per heavy atom. The van der Waals surface area contributed by atoms with Crippen molar-refractivity contribution in [2.45, 2.75) is 18.9 Å². The molecule has 0 saturated carbocycles. The normalized spacial score (nSPS) is 15.9. The fourth-order valence-electron chi connectivity index (χ4n) is 2.77. The summed E-state index contributed by atoms with van der Waals surface area (Å²) >= 11 is 0. The number of hydrogen-bond donors (Lipinski definition) is 1. The molecule has 1 aliphatic heterocycles. The van der Waals surface area contributed by atoms with Gasteiger partial charge in [0.05, 0.1) is 6.61 Å². The van der Waals surface area contributed by atoms with E-state index in [0.717, 1.165) is 31.6 Å². The Bertz CT molecular complexity index is 464. The van der Waals surface area contributed by atoms with Crippen LogP contribution < -0.4 is 5.32 Å². The zero-order valence-corrected chi connectivity index (χ0v) is 12.8. The van der Waals surface area contributed by atoms with Crippen LogP contribution in [0.15, 0.2) is 31.0 Å². The van der Waals surface area contributed by atoms with Crippen LogP contribution in [-0.4, -0.2) is 55.3 Å². The molecule has 1 N–H and O–H groups in total. The topological polar surface area (TPSA) is 46.5 Å². The number of hydrogen-bond acceptors (Lipinski definition) is 3. The van der Waals surface area contributed by atoms with E-state index >= 15 is 0 Å². The molecule has 21 heavy (non-hydrogen) atoms. The molecule has 1 aliphatic rings. The van der Waals surface area contributed by atoms with Crippen molar-refractivity contribution in [2.75, 3.05) is 39.9 Å². The number of methoxy groups -OCH3 is 1. The van der Waals surface area contributed by atoms with Crippen molar-refractivity contribution < 1.29 is 9.53 Å². The predicted molar refractivity (Wildman–Crippen MR) is 83.5 cm³/mol. The average molecular weight is 291 g/mol. The van der Waals surface area contributed by atoms with Crippen molar-refractivity contribution in [3.8, 4) is 0 Å². The zero-order chi connectivity index (χ0) is 15.1. The lowest BCUT2D eigenvalue weighted by Crippen LogP contribution is -2.37. The molecule has 2 rings (SSSR count). The summed E-state index contributed by atoms with van der Waals surface area (Å²) in [4.78, 5) is 14.5. The summed E-state index contributed by atoms with van der Waals surface area (Å²) in [6, 6.07) is 4.28. The molecule has 2 heterocycles. The van der Waals surface area contributed by atoms with Gasteiger partial charge in [0.2, 0.25) is 0 Å². The van der Waals surface area contributed by atoms with Gasteiger partial charge in [-0.15, -0.1) is 6.58 Å². The van der Waals surface area contributed by atoms with Crippen LogP contribution in [0.5, 0.6) is 0 Å². The summed E-state index contributed by atoms with van der Waals surface area (Å²) in [5, 5.41) is 3.36. The van der Waals surface area contributed by atoms with Gasteiger partial charge in [0, 0.05) is 32.4 Å². The van der Waals surface area contributed by atoms with Gasteiger partial charge in [0.15, 0.2) is 0 Å². The molecule has 116 valence electrons. The predicted octanol–water partition coefficient (Wildman–Crippen LogP) is 1.69. The van der Waals surface area contributed by atoms with Gasteiger partial charge in [-0.2, -0.15) is 0 Å². The maximum atomic E-state index is 12.8. The third kappa shape index (κ3) is 3.95. The standard InChI is InChI=1S/C16H25N3O2/c1-3-10-18(12-13-21-2)16(20)15-5-4-11-19(15)14-6-8-17-9-7-14/h3-5,11,14,17H,1,6-10,12-13H2,2H3. The first-order valence-electron chi connectivity index (χ1n) is 7.54. The smallest absolute Gasteiger partial charge is 0.270 e. The number of ether oxygens (including phenoxy) is 1. The van der Waals surface area contributed by atoms with Gasteiger partial charge in [0.25, 0.3) is 5.91 Å². The minimum Gasteiger partial charge on any atom is -0.383 e. The number of amides is 1. The van der Waals surface area contributed by atoms with Crippen LogP contribution in [0.1, 0.15) is 29.4 Å². The van der Waals surface area contributed by atoms with Crippen molar-refractivity contribution in [1.82, 2.24) is 14.8 Å². The molecule has 0 spiro atoms. The number of nitrogens with zero attached hydrogens (tertiary/aromatic N) is 2. The van der Waals surface area contributed by atoms with Crippen molar-refractivity contribution in [3.63, 3.8) is 0 Å². The van der Waals surface area contributed by atoms with Gasteiger partial charge in [-0.1, -0.05) is 6.08 Å². The highest BCUT2D eigenvalue weighted by Gasteiger charge is 2.22. The Kier molecular flexibility index (Phi) is 6.02. The number of rotatable bonds is 7. The lowest BCUT2D eigenvalue weighted by Gasteiger charge is -2.28. The minimum absolute atomic E-state index is 0.0514. The fourth-order valence-corrected chi connectivity index (χ4v) is 2.77. The summed E-state index contributed by atoms with van der Waals surface area (Å²) < 4.78 is 7.22. The second-order valence-electron chi connectivity index (χ2n) is 5.31. The third-order valence-corrected chi connectivity index (χ3v) is 3.90. The van der Waals surface area contributed by atoms with Gasteiger partial charge in [-0.3, -0.25) is 4.79 Å². The Morgan fingerprint density at radius 2 is 2.33 bits per heavy atom. The van der Waals surface area contributed by atoms with Crippen LogP contribution in [0, 0.1) is 0 Å². The number of carbonyl (C=O) groups is 1. The molecule has 1 aromatic heterocycles. The molecule has 0 unspecified atom stereocenters. The van der Waals surface area contributed by atoms with E-state index < -0.39 is 0 Å². The lowest BCUT2D eigenvalue weighted by molar-refractivity contribution is 0.0704. The Labute approximate surface area is 126 Å². The molecule has 0 aliphatic carbocycles. The molecular weight excluding hydrogens is 266 g/mol. The molecule has 0 radical (unpaired) electrons. The van der Waals surface area contributed by atoms with Crippen LogP contribution in [0.3, 0.4) is 0 Å². The molecule has 0 bridgehead atoms. The van der Waals surface area contributed by atoms with Crippen molar-refractivity contribution in [2.24, 2.45) is 0 Å². The van der Waals surface area contributed by atoms with Gasteiger partial charge >= 0.3 is 0 Å². The van der Waals surface area contributed by atoms with Crippen LogP contribution in [0.2, 0.25) is 0 Å². The Morgan fingerprint density at radius 1 is 1.57 bits per heavy atom. The van der Waals surface area contributed by atoms with E-state index in [2.05, 4.69) is 16.5 Å². The first kappa shape index (κ1) is 15.8. The molecular formula is C16H25N3O2. The molecule has 1 amide bonds. The number of piperidine rings is 1. The number of aromatic nitrogens is 1. The SMILES string of the molecule is C=CCN(CCOC)C(=O)c1cccn1C1CCNCC1. The minimum atomic E-state index is 0.0514. The van der Waals surface area contributed by atoms with Gasteiger partial charge in [-0.25, -0.2) is 0 Å². The van der Waals surface area contributed by atoms with Gasteiger partial charge in [0.1, 0.15) is 5.69 Å². The highest BCUT2D eigenvalue weighted by atomic mass is 16.5. The number of nitrogens with one attached hydrogen (secondary N) is 1. The van der Waals surface area contributed by atoms with Crippen LogP contribution >= 0.6 is 0 Å². The second kappa shape index (κ2) is 8.00. The number of carbonyl (C=O) groups excluding carboxylic acids is 1. The van der Waals surface area contributed by atoms with Crippen LogP contribution in [-0.2, 0) is 4.74 Å². The van der Waals surface area contributed by atoms with E-state index in [-0.39, 0.29) is 5.91 Å². The summed E-state index contributed by atoms with van der Waals surface area (Å²) in [5.41, 5.74) is 0.764. The van der Waals surface area contributed by atoms with Crippen molar-refractivity contribution >= 4 is 5.91 Å².